The molecule has 0 bridgehead atoms. The normalized spacial score (nSPS) is 19.0. The van der Waals surface area contributed by atoms with Crippen molar-refractivity contribution >= 4 is 5.97 Å². The number of para-hydroxylation sites is 1. The first-order valence-corrected chi connectivity index (χ1v) is 5.75. The van der Waals surface area contributed by atoms with Crippen molar-refractivity contribution in [2.75, 3.05) is 13.7 Å². The molecule has 0 unspecified atom stereocenters. The van der Waals surface area contributed by atoms with Crippen molar-refractivity contribution in [3.8, 4) is 5.75 Å². The van der Waals surface area contributed by atoms with Gasteiger partial charge in [-0.1, -0.05) is 18.2 Å². The van der Waals surface area contributed by atoms with E-state index in [1.165, 1.54) is 13.2 Å². The molecule has 0 radical (unpaired) electrons. The second-order valence-electron chi connectivity index (χ2n) is 4.12. The lowest BCUT2D eigenvalue weighted by Crippen LogP contribution is -2.26. The Morgan fingerprint density at radius 1 is 1.47 bits per heavy atom. The van der Waals surface area contributed by atoms with Gasteiger partial charge in [-0.3, -0.25) is 10.1 Å². The van der Waals surface area contributed by atoms with Crippen LogP contribution in [0.4, 0.5) is 0 Å². The Morgan fingerprint density at radius 3 is 2.79 bits per heavy atom. The summed E-state index contributed by atoms with van der Waals surface area (Å²) in [6.07, 6.45) is 2.20. The summed E-state index contributed by atoms with van der Waals surface area (Å²) < 4.78 is 10.3. The fourth-order valence-corrected chi connectivity index (χ4v) is 2.11. The maximum atomic E-state index is 11.1. The minimum Gasteiger partial charge on any atom is -0.496 e. The zero-order valence-corrected chi connectivity index (χ0v) is 10.3. The van der Waals surface area contributed by atoms with Gasteiger partial charge in [0, 0.05) is 16.6 Å². The predicted octanol–water partition coefficient (Wildman–Crippen LogP) is 1.54. The quantitative estimate of drug-likeness (QED) is 0.457. The van der Waals surface area contributed by atoms with Crippen molar-refractivity contribution in [3.05, 3.63) is 52.1 Å². The molecule has 2 rings (SSSR count). The summed E-state index contributed by atoms with van der Waals surface area (Å²) >= 11 is 0. The number of carbonyl (C=O) groups excluding carboxylic acids is 1. The SMILES string of the molecule is COc1ccccc1[C@@H](C[N+](=O)[O-])[C@H]1C=CC(=O)O1. The summed E-state index contributed by atoms with van der Waals surface area (Å²) in [5.41, 5.74) is 0.658. The Hall–Kier alpha value is -2.37. The van der Waals surface area contributed by atoms with E-state index in [1.807, 2.05) is 0 Å². The van der Waals surface area contributed by atoms with E-state index in [0.29, 0.717) is 11.3 Å². The Kier molecular flexibility index (Phi) is 3.79. The van der Waals surface area contributed by atoms with Gasteiger partial charge in [-0.2, -0.15) is 0 Å². The fourth-order valence-electron chi connectivity index (χ4n) is 2.11. The third kappa shape index (κ3) is 2.90. The number of cyclic esters (lactones) is 1. The highest BCUT2D eigenvalue weighted by Gasteiger charge is 2.33. The van der Waals surface area contributed by atoms with E-state index in [4.69, 9.17) is 9.47 Å². The van der Waals surface area contributed by atoms with Gasteiger partial charge in [-0.15, -0.1) is 0 Å². The molecule has 0 saturated carbocycles. The molecule has 0 N–H and O–H groups in total. The van der Waals surface area contributed by atoms with E-state index < -0.39 is 22.9 Å². The number of esters is 1. The molecular formula is C13H13NO5. The molecule has 1 aliphatic heterocycles. The van der Waals surface area contributed by atoms with E-state index in [0.717, 1.165) is 0 Å². The highest BCUT2D eigenvalue weighted by atomic mass is 16.6. The fraction of sp³-hybridized carbons (Fsp3) is 0.308. The molecular weight excluding hydrogens is 250 g/mol. The molecule has 100 valence electrons. The first-order valence-electron chi connectivity index (χ1n) is 5.75. The van der Waals surface area contributed by atoms with Crippen LogP contribution >= 0.6 is 0 Å². The van der Waals surface area contributed by atoms with Crippen LogP contribution in [0, 0.1) is 10.1 Å². The average molecular weight is 263 g/mol. The zero-order valence-electron chi connectivity index (χ0n) is 10.3. The van der Waals surface area contributed by atoms with Gasteiger partial charge in [-0.25, -0.2) is 4.79 Å². The molecule has 1 aromatic rings. The number of benzene rings is 1. The smallest absolute Gasteiger partial charge is 0.331 e. The van der Waals surface area contributed by atoms with Gasteiger partial charge in [-0.05, 0) is 12.1 Å². The lowest BCUT2D eigenvalue weighted by molar-refractivity contribution is -0.484. The Labute approximate surface area is 109 Å². The van der Waals surface area contributed by atoms with Crippen molar-refractivity contribution in [3.63, 3.8) is 0 Å². The predicted molar refractivity (Wildman–Crippen MR) is 66.6 cm³/mol. The van der Waals surface area contributed by atoms with Gasteiger partial charge in [0.25, 0.3) is 0 Å². The number of hydrogen-bond donors (Lipinski definition) is 0. The molecule has 0 amide bonds. The van der Waals surface area contributed by atoms with Crippen LogP contribution in [-0.2, 0) is 9.53 Å². The Bertz CT molecular complexity index is 526. The molecule has 0 saturated heterocycles. The summed E-state index contributed by atoms with van der Waals surface area (Å²) in [4.78, 5) is 21.5. The van der Waals surface area contributed by atoms with Gasteiger partial charge in [0.2, 0.25) is 6.54 Å². The largest absolute Gasteiger partial charge is 0.496 e. The standard InChI is InChI=1S/C13H13NO5/c1-18-11-5-3-2-4-9(11)10(8-14(16)17)12-6-7-13(15)19-12/h2-7,10,12H,8H2,1H3/t10-,12-/m1/s1. The van der Waals surface area contributed by atoms with Gasteiger partial charge < -0.3 is 9.47 Å². The van der Waals surface area contributed by atoms with Crippen LogP contribution < -0.4 is 4.74 Å². The van der Waals surface area contributed by atoms with Crippen LogP contribution in [0.1, 0.15) is 11.5 Å². The molecule has 0 fully saturated rings. The van der Waals surface area contributed by atoms with E-state index in [2.05, 4.69) is 0 Å². The number of methoxy groups -OCH3 is 1. The third-order valence-electron chi connectivity index (χ3n) is 2.95. The van der Waals surface area contributed by atoms with Gasteiger partial charge >= 0.3 is 5.97 Å². The maximum Gasteiger partial charge on any atom is 0.331 e. The van der Waals surface area contributed by atoms with Crippen LogP contribution in [0.15, 0.2) is 36.4 Å². The first-order chi connectivity index (χ1) is 9.11. The molecule has 2 atom stereocenters. The van der Waals surface area contributed by atoms with E-state index in [9.17, 15) is 14.9 Å². The van der Waals surface area contributed by atoms with Crippen LogP contribution in [0.2, 0.25) is 0 Å². The minimum atomic E-state index is -0.630. The van der Waals surface area contributed by atoms with Crippen molar-refractivity contribution in [2.45, 2.75) is 12.0 Å². The summed E-state index contributed by atoms with van der Waals surface area (Å²) in [5, 5.41) is 10.8. The second kappa shape index (κ2) is 5.51. The Morgan fingerprint density at radius 2 is 2.21 bits per heavy atom. The number of ether oxygens (including phenoxy) is 2. The highest BCUT2D eigenvalue weighted by Crippen LogP contribution is 2.32. The van der Waals surface area contributed by atoms with Crippen LogP contribution in [0.5, 0.6) is 5.75 Å². The number of carbonyl (C=O) groups is 1. The van der Waals surface area contributed by atoms with E-state index in [-0.39, 0.29) is 6.54 Å². The number of rotatable bonds is 5. The van der Waals surface area contributed by atoms with Crippen molar-refractivity contribution in [1.29, 1.82) is 0 Å². The Balaban J connectivity index is 2.34. The molecule has 6 nitrogen and oxygen atoms in total. The van der Waals surface area contributed by atoms with E-state index >= 15 is 0 Å². The molecule has 1 aliphatic rings. The molecule has 19 heavy (non-hydrogen) atoms. The van der Waals surface area contributed by atoms with Gasteiger partial charge in [0.15, 0.2) is 0 Å². The zero-order chi connectivity index (χ0) is 13.8. The minimum absolute atomic E-state index is 0.331. The molecule has 0 aliphatic carbocycles. The molecule has 0 aromatic heterocycles. The average Bonchev–Trinajstić information content (AvgIpc) is 2.82. The summed E-state index contributed by atoms with van der Waals surface area (Å²) in [6.45, 7) is -0.331. The number of nitrogens with zero attached hydrogens (tertiary/aromatic N) is 1. The van der Waals surface area contributed by atoms with Crippen molar-refractivity contribution < 1.29 is 19.2 Å². The number of hydrogen-bond acceptors (Lipinski definition) is 5. The highest BCUT2D eigenvalue weighted by molar-refractivity contribution is 5.84. The topological polar surface area (TPSA) is 78.7 Å². The van der Waals surface area contributed by atoms with Crippen LogP contribution in [0.3, 0.4) is 0 Å². The molecule has 1 aromatic carbocycles. The van der Waals surface area contributed by atoms with Gasteiger partial charge in [0.05, 0.1) is 13.0 Å². The van der Waals surface area contributed by atoms with Crippen LogP contribution in [0.25, 0.3) is 0 Å². The van der Waals surface area contributed by atoms with Gasteiger partial charge in [0.1, 0.15) is 11.9 Å². The van der Waals surface area contributed by atoms with Crippen LogP contribution in [-0.4, -0.2) is 30.7 Å². The third-order valence-corrected chi connectivity index (χ3v) is 2.95. The maximum absolute atomic E-state index is 11.1. The number of nitro groups is 1. The second-order valence-corrected chi connectivity index (χ2v) is 4.12. The molecule has 0 spiro atoms. The summed E-state index contributed by atoms with van der Waals surface area (Å²) in [6, 6.07) is 7.02. The van der Waals surface area contributed by atoms with Crippen molar-refractivity contribution in [2.24, 2.45) is 0 Å². The summed E-state index contributed by atoms with van der Waals surface area (Å²) in [5.74, 6) is -0.493. The van der Waals surface area contributed by atoms with Crippen molar-refractivity contribution in [1.82, 2.24) is 0 Å². The molecule has 1 heterocycles. The lowest BCUT2D eigenvalue weighted by Gasteiger charge is -2.20. The first kappa shape index (κ1) is 13.1. The monoisotopic (exact) mass is 263 g/mol. The molecule has 6 heteroatoms. The lowest BCUT2D eigenvalue weighted by atomic mass is 9.92. The summed E-state index contributed by atoms with van der Waals surface area (Å²) in [7, 11) is 1.50. The van der Waals surface area contributed by atoms with E-state index in [1.54, 1.807) is 30.3 Å².